The molecule has 0 heterocycles. The van der Waals surface area contributed by atoms with Gasteiger partial charge in [-0.05, 0) is 50.3 Å². The fourth-order valence-electron chi connectivity index (χ4n) is 2.11. The summed E-state index contributed by atoms with van der Waals surface area (Å²) in [5, 5.41) is 5.87. The number of Topliss-reactive ketones (excluding diaryl/α,β-unsaturated/α-hetero) is 1. The molecule has 0 saturated carbocycles. The maximum absolute atomic E-state index is 12.2. The molecule has 0 aliphatic rings. The summed E-state index contributed by atoms with van der Waals surface area (Å²) in [6, 6.07) is 11.9. The maximum atomic E-state index is 12.2. The van der Waals surface area contributed by atoms with Gasteiger partial charge in [-0.25, -0.2) is 8.78 Å². The number of anilines is 2. The summed E-state index contributed by atoms with van der Waals surface area (Å²) in [4.78, 5) is 14.8. The standard InChI is InChI=1S/C15H18N2O2.C8H8ClF2N.C2H6.CH3F/c1-3-8-16-9-5-10-19-15-7-4-6-14(11-15)17-12-13(2)18;1-12-5-2-3-7(9)6(4-5)8(10)11;2*1-2/h3-11,17H,12H2,1-2H3;2-4,8,12H,1H3;1-2H3;1H3/b8-3-,10-5+,16-9-;;;. The van der Waals surface area contributed by atoms with Gasteiger partial charge in [-0.2, -0.15) is 0 Å². The molecule has 9 heteroatoms. The Morgan fingerprint density at radius 3 is 2.40 bits per heavy atom. The first-order valence-electron chi connectivity index (χ1n) is 10.8. The van der Waals surface area contributed by atoms with E-state index in [0.717, 1.165) is 5.69 Å². The van der Waals surface area contributed by atoms with Crippen LogP contribution in [0.25, 0.3) is 0 Å². The van der Waals surface area contributed by atoms with Crippen molar-refractivity contribution >= 4 is 35.0 Å². The number of aliphatic imine (C=N–C) groups is 1. The number of alkyl halides is 3. The Labute approximate surface area is 211 Å². The number of benzene rings is 2. The molecule has 0 aliphatic heterocycles. The molecule has 2 N–H and O–H groups in total. The molecule has 0 aliphatic carbocycles. The Bertz CT molecular complexity index is 920. The van der Waals surface area contributed by atoms with Crippen LogP contribution in [-0.2, 0) is 4.79 Å². The number of hydrogen-bond donors (Lipinski definition) is 2. The van der Waals surface area contributed by atoms with E-state index in [4.69, 9.17) is 16.3 Å². The highest BCUT2D eigenvalue weighted by Gasteiger charge is 2.11. The molecule has 0 fully saturated rings. The van der Waals surface area contributed by atoms with E-state index >= 15 is 0 Å². The number of ketones is 1. The number of nitrogens with one attached hydrogen (secondary N) is 2. The van der Waals surface area contributed by atoms with E-state index in [1.807, 2.05) is 51.1 Å². The molecule has 35 heavy (non-hydrogen) atoms. The molecule has 0 unspecified atom stereocenters. The van der Waals surface area contributed by atoms with Gasteiger partial charge in [-0.15, -0.1) is 0 Å². The summed E-state index contributed by atoms with van der Waals surface area (Å²) in [6.07, 6.45) is 5.90. The van der Waals surface area contributed by atoms with Gasteiger partial charge in [0.1, 0.15) is 11.5 Å². The lowest BCUT2D eigenvalue weighted by molar-refractivity contribution is -0.115. The highest BCUT2D eigenvalue weighted by Crippen LogP contribution is 2.29. The zero-order chi connectivity index (χ0) is 27.1. The summed E-state index contributed by atoms with van der Waals surface area (Å²) in [5.41, 5.74) is 1.35. The van der Waals surface area contributed by atoms with Crippen LogP contribution in [0.2, 0.25) is 5.02 Å². The number of carbonyl (C=O) groups is 1. The van der Waals surface area contributed by atoms with E-state index < -0.39 is 6.43 Å². The van der Waals surface area contributed by atoms with Gasteiger partial charge < -0.3 is 15.4 Å². The van der Waals surface area contributed by atoms with E-state index in [0.29, 0.717) is 25.2 Å². The lowest BCUT2D eigenvalue weighted by Crippen LogP contribution is -2.09. The Hall–Kier alpha value is -3.26. The van der Waals surface area contributed by atoms with Crippen molar-refractivity contribution in [2.24, 2.45) is 4.99 Å². The fourth-order valence-corrected chi connectivity index (χ4v) is 2.31. The van der Waals surface area contributed by atoms with Crippen LogP contribution < -0.4 is 15.4 Å². The Kier molecular flexibility index (Phi) is 21.8. The number of allylic oxidation sites excluding steroid dienone is 2. The molecule has 0 spiro atoms. The highest BCUT2D eigenvalue weighted by molar-refractivity contribution is 6.31. The Morgan fingerprint density at radius 2 is 1.83 bits per heavy atom. The van der Waals surface area contributed by atoms with Crippen LogP contribution in [0.3, 0.4) is 0 Å². The molecule has 0 radical (unpaired) electrons. The predicted molar refractivity (Wildman–Crippen MR) is 143 cm³/mol. The minimum atomic E-state index is -2.52. The minimum absolute atomic E-state index is 0.0893. The number of halogens is 4. The van der Waals surface area contributed by atoms with Crippen molar-refractivity contribution in [3.8, 4) is 5.75 Å². The van der Waals surface area contributed by atoms with Crippen molar-refractivity contribution in [3.05, 3.63) is 77.7 Å². The molecule has 0 aromatic heterocycles. The molecule has 0 saturated heterocycles. The smallest absolute Gasteiger partial charge is 0.265 e. The average Bonchev–Trinajstić information content (AvgIpc) is 2.88. The van der Waals surface area contributed by atoms with Gasteiger partial charge in [-0.1, -0.05) is 37.6 Å². The third kappa shape index (κ3) is 16.9. The van der Waals surface area contributed by atoms with Gasteiger partial charge in [0.2, 0.25) is 0 Å². The molecule has 194 valence electrons. The second-order valence-electron chi connectivity index (χ2n) is 6.10. The third-order valence-electron chi connectivity index (χ3n) is 3.59. The first-order valence-corrected chi connectivity index (χ1v) is 11.2. The zero-order valence-corrected chi connectivity index (χ0v) is 21.7. The summed E-state index contributed by atoms with van der Waals surface area (Å²) in [7, 11) is 2.17. The maximum Gasteiger partial charge on any atom is 0.265 e. The van der Waals surface area contributed by atoms with Crippen LogP contribution in [0.1, 0.15) is 39.7 Å². The first kappa shape index (κ1) is 33.9. The van der Waals surface area contributed by atoms with Gasteiger partial charge in [0.05, 0.1) is 20.0 Å². The Balaban J connectivity index is 0. The van der Waals surface area contributed by atoms with E-state index in [9.17, 15) is 18.0 Å². The summed E-state index contributed by atoms with van der Waals surface area (Å²) < 4.78 is 39.4. The van der Waals surface area contributed by atoms with Crippen molar-refractivity contribution in [1.82, 2.24) is 0 Å². The quantitative estimate of drug-likeness (QED) is 0.262. The van der Waals surface area contributed by atoms with E-state index in [2.05, 4.69) is 15.6 Å². The molecule has 5 nitrogen and oxygen atoms in total. The van der Waals surface area contributed by atoms with Gasteiger partial charge in [0.25, 0.3) is 6.43 Å². The number of rotatable bonds is 9. The van der Waals surface area contributed by atoms with Gasteiger partial charge in [0.15, 0.2) is 0 Å². The second-order valence-corrected chi connectivity index (χ2v) is 6.50. The van der Waals surface area contributed by atoms with E-state index in [1.54, 1.807) is 44.8 Å². The van der Waals surface area contributed by atoms with Crippen LogP contribution >= 0.6 is 11.6 Å². The zero-order valence-electron chi connectivity index (χ0n) is 21.0. The van der Waals surface area contributed by atoms with Gasteiger partial charge >= 0.3 is 0 Å². The van der Waals surface area contributed by atoms with Crippen LogP contribution in [-0.4, -0.2) is 32.8 Å². The van der Waals surface area contributed by atoms with Crippen LogP contribution in [0.4, 0.5) is 24.5 Å². The molecule has 2 aromatic carbocycles. The number of nitrogens with zero attached hydrogens (tertiary/aromatic N) is 1. The fraction of sp³-hybridized carbons (Fsp3) is 0.308. The van der Waals surface area contributed by atoms with Crippen LogP contribution in [0, 0.1) is 0 Å². The summed E-state index contributed by atoms with van der Waals surface area (Å²) in [6.45, 7) is 7.76. The van der Waals surface area contributed by atoms with E-state index in [1.165, 1.54) is 12.1 Å². The minimum Gasteiger partial charge on any atom is -0.465 e. The number of carbonyl (C=O) groups excluding carboxylic acids is 1. The topological polar surface area (TPSA) is 62.7 Å². The molecule has 2 rings (SSSR count). The molecular weight excluding hydrogens is 479 g/mol. The molecular formula is C26H35ClF3N3O2. The van der Waals surface area contributed by atoms with E-state index in [-0.39, 0.29) is 16.4 Å². The Morgan fingerprint density at radius 1 is 1.14 bits per heavy atom. The first-order chi connectivity index (χ1) is 16.9. The van der Waals surface area contributed by atoms with Crippen LogP contribution in [0.5, 0.6) is 5.75 Å². The van der Waals surface area contributed by atoms with Gasteiger partial charge in [-0.3, -0.25) is 14.2 Å². The monoisotopic (exact) mass is 513 g/mol. The van der Waals surface area contributed by atoms with Gasteiger partial charge in [0, 0.05) is 47.5 Å². The number of hydrogen-bond acceptors (Lipinski definition) is 5. The third-order valence-corrected chi connectivity index (χ3v) is 3.93. The highest BCUT2D eigenvalue weighted by atomic mass is 35.5. The van der Waals surface area contributed by atoms with Crippen molar-refractivity contribution in [2.45, 2.75) is 34.1 Å². The normalized spacial score (nSPS) is 10.1. The van der Waals surface area contributed by atoms with Crippen molar-refractivity contribution in [1.29, 1.82) is 0 Å². The van der Waals surface area contributed by atoms with Crippen molar-refractivity contribution in [2.75, 3.05) is 31.4 Å². The van der Waals surface area contributed by atoms with Crippen LogP contribution in [0.15, 0.2) is 72.1 Å². The van der Waals surface area contributed by atoms with Crippen molar-refractivity contribution in [3.63, 3.8) is 0 Å². The van der Waals surface area contributed by atoms with Crippen molar-refractivity contribution < 1.29 is 22.7 Å². The lowest BCUT2D eigenvalue weighted by Gasteiger charge is -2.05. The average molecular weight is 514 g/mol. The lowest BCUT2D eigenvalue weighted by atomic mass is 10.2. The summed E-state index contributed by atoms with van der Waals surface area (Å²) >= 11 is 5.54. The second kappa shape index (κ2) is 22.5. The molecule has 0 atom stereocenters. The molecule has 2 aromatic rings. The SMILES string of the molecule is CC.CF.CNc1ccc(Cl)c(C(F)F)c1.C\C=C/N=C\C=C\Oc1cccc(NCC(C)=O)c1. The molecule has 0 bridgehead atoms. The molecule has 0 amide bonds. The summed E-state index contributed by atoms with van der Waals surface area (Å²) in [5.74, 6) is 0.788. The predicted octanol–water partition coefficient (Wildman–Crippen LogP) is 8.12. The largest absolute Gasteiger partial charge is 0.465 e. The number of ether oxygens (including phenoxy) is 1.